The highest BCUT2D eigenvalue weighted by atomic mass is 32.2. The van der Waals surface area contributed by atoms with Gasteiger partial charge in [-0.2, -0.15) is 0 Å². The van der Waals surface area contributed by atoms with Gasteiger partial charge in [-0.3, -0.25) is 4.72 Å². The molecule has 24 heavy (non-hydrogen) atoms. The second kappa shape index (κ2) is 6.14. The van der Waals surface area contributed by atoms with Gasteiger partial charge < -0.3 is 14.6 Å². The lowest BCUT2D eigenvalue weighted by Gasteiger charge is -2.13. The standard InChI is InChI=1S/C16H15NO6S/c1-22-15-5-3-10(16(18)19)7-14(15)17-24(20,21)13-4-2-11-8-23-9-12(11)6-13/h2-7,17H,8-9H2,1H3,(H,18,19). The number of ether oxygens (including phenoxy) is 2. The van der Waals surface area contributed by atoms with Gasteiger partial charge in [-0.15, -0.1) is 0 Å². The minimum absolute atomic E-state index is 0.0455. The number of hydrogen-bond acceptors (Lipinski definition) is 5. The largest absolute Gasteiger partial charge is 0.495 e. The van der Waals surface area contributed by atoms with Gasteiger partial charge >= 0.3 is 5.97 Å². The van der Waals surface area contributed by atoms with E-state index in [-0.39, 0.29) is 21.9 Å². The first kappa shape index (κ1) is 16.3. The molecule has 1 aliphatic rings. The molecule has 0 aromatic heterocycles. The molecule has 8 heteroatoms. The molecule has 0 saturated heterocycles. The highest BCUT2D eigenvalue weighted by molar-refractivity contribution is 7.92. The quantitative estimate of drug-likeness (QED) is 0.858. The van der Waals surface area contributed by atoms with Crippen molar-refractivity contribution in [2.24, 2.45) is 0 Å². The Balaban J connectivity index is 1.97. The van der Waals surface area contributed by atoms with Crippen molar-refractivity contribution in [1.82, 2.24) is 0 Å². The number of carboxylic acids is 1. The van der Waals surface area contributed by atoms with Crippen molar-refractivity contribution in [3.63, 3.8) is 0 Å². The summed E-state index contributed by atoms with van der Waals surface area (Å²) in [6.07, 6.45) is 0. The van der Waals surface area contributed by atoms with Gasteiger partial charge in [0.25, 0.3) is 10.0 Å². The lowest BCUT2D eigenvalue weighted by atomic mass is 10.1. The zero-order valence-electron chi connectivity index (χ0n) is 12.8. The molecule has 3 rings (SSSR count). The van der Waals surface area contributed by atoms with Crippen molar-refractivity contribution in [2.75, 3.05) is 11.8 Å². The van der Waals surface area contributed by atoms with E-state index < -0.39 is 16.0 Å². The molecule has 0 aliphatic carbocycles. The molecule has 1 aliphatic heterocycles. The van der Waals surface area contributed by atoms with E-state index in [0.717, 1.165) is 11.1 Å². The third kappa shape index (κ3) is 3.06. The fraction of sp³-hybridized carbons (Fsp3) is 0.188. The van der Waals surface area contributed by atoms with Gasteiger partial charge in [0.2, 0.25) is 0 Å². The van der Waals surface area contributed by atoms with Crippen LogP contribution >= 0.6 is 0 Å². The maximum atomic E-state index is 12.6. The van der Waals surface area contributed by atoms with Crippen molar-refractivity contribution < 1.29 is 27.8 Å². The lowest BCUT2D eigenvalue weighted by Crippen LogP contribution is -2.14. The number of fused-ring (bicyclic) bond motifs is 1. The van der Waals surface area contributed by atoms with Crippen LogP contribution in [0.15, 0.2) is 41.3 Å². The van der Waals surface area contributed by atoms with Crippen LogP contribution in [0.4, 0.5) is 5.69 Å². The van der Waals surface area contributed by atoms with Crippen molar-refractivity contribution in [2.45, 2.75) is 18.1 Å². The minimum atomic E-state index is -3.89. The minimum Gasteiger partial charge on any atom is -0.495 e. The van der Waals surface area contributed by atoms with E-state index in [2.05, 4.69) is 4.72 Å². The molecule has 0 radical (unpaired) electrons. The number of carbonyl (C=O) groups is 1. The summed E-state index contributed by atoms with van der Waals surface area (Å²) in [6, 6.07) is 8.71. The summed E-state index contributed by atoms with van der Waals surface area (Å²) in [7, 11) is -2.51. The van der Waals surface area contributed by atoms with Crippen molar-refractivity contribution >= 4 is 21.7 Å². The summed E-state index contributed by atoms with van der Waals surface area (Å²) < 4.78 is 38.0. The van der Waals surface area contributed by atoms with E-state index in [4.69, 9.17) is 14.6 Å². The van der Waals surface area contributed by atoms with Crippen LogP contribution in [0, 0.1) is 0 Å². The molecule has 0 saturated carbocycles. The number of methoxy groups -OCH3 is 1. The number of carboxylic acid groups (broad SMARTS) is 1. The van der Waals surface area contributed by atoms with Gasteiger partial charge in [-0.25, -0.2) is 13.2 Å². The summed E-state index contributed by atoms with van der Waals surface area (Å²) in [6.45, 7) is 0.841. The number of benzene rings is 2. The molecule has 7 nitrogen and oxygen atoms in total. The van der Waals surface area contributed by atoms with Crippen molar-refractivity contribution in [3.8, 4) is 5.75 Å². The number of rotatable bonds is 5. The predicted octanol–water partition coefficient (Wildman–Crippen LogP) is 2.22. The van der Waals surface area contributed by atoms with Crippen molar-refractivity contribution in [1.29, 1.82) is 0 Å². The van der Waals surface area contributed by atoms with Crippen LogP contribution in [0.25, 0.3) is 0 Å². The molecule has 0 amide bonds. The molecule has 0 atom stereocenters. The Morgan fingerprint density at radius 1 is 1.17 bits per heavy atom. The number of sulfonamides is 1. The van der Waals surface area contributed by atoms with Crippen molar-refractivity contribution in [3.05, 3.63) is 53.1 Å². The van der Waals surface area contributed by atoms with Gasteiger partial charge in [-0.05, 0) is 41.5 Å². The first-order chi connectivity index (χ1) is 11.4. The predicted molar refractivity (Wildman–Crippen MR) is 85.7 cm³/mol. The highest BCUT2D eigenvalue weighted by Crippen LogP contribution is 2.29. The van der Waals surface area contributed by atoms with Crippen LogP contribution in [-0.2, 0) is 28.0 Å². The summed E-state index contributed by atoms with van der Waals surface area (Å²) in [4.78, 5) is 11.2. The SMILES string of the molecule is COc1ccc(C(=O)O)cc1NS(=O)(=O)c1ccc2c(c1)COC2. The Morgan fingerprint density at radius 2 is 1.92 bits per heavy atom. The maximum Gasteiger partial charge on any atom is 0.335 e. The average molecular weight is 349 g/mol. The normalized spacial score (nSPS) is 13.4. The smallest absolute Gasteiger partial charge is 0.335 e. The number of aromatic carboxylic acids is 1. The summed E-state index contributed by atoms with van der Waals surface area (Å²) in [5, 5.41) is 9.06. The van der Waals surface area contributed by atoms with Gasteiger partial charge in [0.1, 0.15) is 5.75 Å². The first-order valence-electron chi connectivity index (χ1n) is 7.04. The zero-order chi connectivity index (χ0) is 17.3. The van der Waals surface area contributed by atoms with Gasteiger partial charge in [0, 0.05) is 0 Å². The third-order valence-corrected chi connectivity index (χ3v) is 5.06. The van der Waals surface area contributed by atoms with E-state index in [9.17, 15) is 13.2 Å². The Kier molecular flexibility index (Phi) is 4.16. The van der Waals surface area contributed by atoms with Crippen LogP contribution in [0.2, 0.25) is 0 Å². The maximum absolute atomic E-state index is 12.6. The summed E-state index contributed by atoms with van der Waals surface area (Å²) in [5.74, 6) is -0.930. The molecular weight excluding hydrogens is 334 g/mol. The van der Waals surface area contributed by atoms with Crippen LogP contribution in [0.5, 0.6) is 5.75 Å². The summed E-state index contributed by atoms with van der Waals surface area (Å²) in [5.41, 5.74) is 1.80. The van der Waals surface area contributed by atoms with E-state index in [1.54, 1.807) is 12.1 Å². The van der Waals surface area contributed by atoms with E-state index in [1.807, 2.05) is 0 Å². The second-order valence-corrected chi connectivity index (χ2v) is 6.93. The third-order valence-electron chi connectivity index (χ3n) is 3.69. The monoisotopic (exact) mass is 349 g/mol. The van der Waals surface area contributed by atoms with Gasteiger partial charge in [-0.1, -0.05) is 6.07 Å². The number of nitrogens with one attached hydrogen (secondary N) is 1. The Labute approximate surface area is 138 Å². The molecule has 0 bridgehead atoms. The van der Waals surface area contributed by atoms with E-state index >= 15 is 0 Å². The zero-order valence-corrected chi connectivity index (χ0v) is 13.6. The fourth-order valence-corrected chi connectivity index (χ4v) is 3.55. The molecule has 2 aromatic rings. The molecule has 2 N–H and O–H groups in total. The van der Waals surface area contributed by atoms with Crippen LogP contribution < -0.4 is 9.46 Å². The molecule has 2 aromatic carbocycles. The van der Waals surface area contributed by atoms with E-state index in [1.165, 1.54) is 31.4 Å². The Bertz CT molecular complexity index is 907. The fourth-order valence-electron chi connectivity index (χ4n) is 2.44. The molecular formula is C16H15NO6S. The van der Waals surface area contributed by atoms with Crippen LogP contribution in [0.3, 0.4) is 0 Å². The van der Waals surface area contributed by atoms with Crippen LogP contribution in [0.1, 0.15) is 21.5 Å². The number of anilines is 1. The highest BCUT2D eigenvalue weighted by Gasteiger charge is 2.21. The second-order valence-electron chi connectivity index (χ2n) is 5.25. The lowest BCUT2D eigenvalue weighted by molar-refractivity contribution is 0.0697. The first-order valence-corrected chi connectivity index (χ1v) is 8.53. The Morgan fingerprint density at radius 3 is 2.62 bits per heavy atom. The Hall–Kier alpha value is -2.58. The topological polar surface area (TPSA) is 102 Å². The van der Waals surface area contributed by atoms with Crippen LogP contribution in [-0.4, -0.2) is 26.6 Å². The molecule has 0 spiro atoms. The summed E-state index contributed by atoms with van der Waals surface area (Å²) >= 11 is 0. The molecule has 1 heterocycles. The van der Waals surface area contributed by atoms with E-state index in [0.29, 0.717) is 13.2 Å². The molecule has 126 valence electrons. The average Bonchev–Trinajstić information content (AvgIpc) is 3.02. The molecule has 0 fully saturated rings. The molecule has 0 unspecified atom stereocenters. The van der Waals surface area contributed by atoms with Gasteiger partial charge in [0.05, 0.1) is 36.5 Å². The van der Waals surface area contributed by atoms with Gasteiger partial charge in [0.15, 0.2) is 0 Å². The number of hydrogen-bond donors (Lipinski definition) is 2.